The van der Waals surface area contributed by atoms with Crippen LogP contribution in [0.2, 0.25) is 0 Å². The summed E-state index contributed by atoms with van der Waals surface area (Å²) in [6, 6.07) is 4.47. The van der Waals surface area contributed by atoms with Gasteiger partial charge in [-0.1, -0.05) is 19.1 Å². The first-order chi connectivity index (χ1) is 17.2. The molecule has 0 aromatic heterocycles. The highest BCUT2D eigenvalue weighted by Crippen LogP contribution is 2.64. The first-order valence-electron chi connectivity index (χ1n) is 10.1. The molecule has 0 unspecified atom stereocenters. The Morgan fingerprint density at radius 1 is 0.615 bits per heavy atom. The van der Waals surface area contributed by atoms with Gasteiger partial charge in [0.25, 0.3) is 0 Å². The molecule has 0 bridgehead atoms. The second kappa shape index (κ2) is 10.8. The third-order valence-electron chi connectivity index (χ3n) is 5.13. The van der Waals surface area contributed by atoms with E-state index in [1.807, 2.05) is 0 Å². The van der Waals surface area contributed by atoms with Crippen LogP contribution in [-0.4, -0.2) is 59.2 Å². The topological polar surface area (TPSA) is 17.1 Å². The van der Waals surface area contributed by atoms with Gasteiger partial charge in [0.1, 0.15) is 0 Å². The van der Waals surface area contributed by atoms with Crippen molar-refractivity contribution in [3.63, 3.8) is 0 Å². The molecule has 0 saturated carbocycles. The minimum absolute atomic E-state index is 0.0696. The lowest BCUT2D eigenvalue weighted by Crippen LogP contribution is -2.74. The van der Waals surface area contributed by atoms with E-state index in [1.165, 1.54) is 0 Å². The van der Waals surface area contributed by atoms with Crippen molar-refractivity contribution in [3.05, 3.63) is 29.8 Å². The number of ketones is 1. The van der Waals surface area contributed by atoms with E-state index in [9.17, 15) is 79.4 Å². The van der Waals surface area contributed by atoms with Gasteiger partial charge in [0.15, 0.2) is 5.78 Å². The molecular weight excluding hydrogens is 611 g/mol. The number of halogens is 17. The molecule has 0 heterocycles. The molecule has 226 valence electrons. The third-order valence-corrected chi connectivity index (χ3v) is 6.14. The third kappa shape index (κ3) is 5.78. The number of rotatable bonds is 13. The predicted molar refractivity (Wildman–Crippen MR) is 102 cm³/mol. The van der Waals surface area contributed by atoms with Gasteiger partial charge in [0, 0.05) is 29.1 Å². The monoisotopic (exact) mass is 626 g/mol. The van der Waals surface area contributed by atoms with Gasteiger partial charge in [-0.05, 0) is 18.6 Å². The Morgan fingerprint density at radius 3 is 1.38 bits per heavy atom. The van der Waals surface area contributed by atoms with E-state index in [0.29, 0.717) is 6.42 Å². The first-order valence-corrected chi connectivity index (χ1v) is 11.1. The molecule has 0 aliphatic rings. The van der Waals surface area contributed by atoms with Crippen LogP contribution in [0.4, 0.5) is 74.6 Å². The molecular formula is C20H15F17OS. The summed E-state index contributed by atoms with van der Waals surface area (Å²) in [5.74, 6) is -58.0. The zero-order valence-electron chi connectivity index (χ0n) is 18.9. The van der Waals surface area contributed by atoms with Crippen molar-refractivity contribution in [3.8, 4) is 0 Å². The van der Waals surface area contributed by atoms with E-state index in [-0.39, 0.29) is 34.4 Å². The van der Waals surface area contributed by atoms with Crippen LogP contribution < -0.4 is 0 Å². The Balaban J connectivity index is 3.23. The number of carbonyl (C=O) groups is 1. The van der Waals surface area contributed by atoms with Crippen LogP contribution in [0.25, 0.3) is 0 Å². The van der Waals surface area contributed by atoms with Gasteiger partial charge in [0.05, 0.1) is 0 Å². The molecule has 19 heteroatoms. The highest BCUT2D eigenvalue weighted by molar-refractivity contribution is 7.99. The van der Waals surface area contributed by atoms with E-state index in [4.69, 9.17) is 0 Å². The van der Waals surface area contributed by atoms with Crippen LogP contribution in [0.1, 0.15) is 36.5 Å². The summed E-state index contributed by atoms with van der Waals surface area (Å²) >= 11 is 0.182. The number of hydrogen-bond donors (Lipinski definition) is 0. The average Bonchev–Trinajstić information content (AvgIpc) is 2.78. The van der Waals surface area contributed by atoms with Crippen LogP contribution in [-0.2, 0) is 0 Å². The van der Waals surface area contributed by atoms with Crippen molar-refractivity contribution in [2.45, 2.75) is 78.7 Å². The standard InChI is InChI=1S/C20H15F17OS/c1-2-3-12(38)10-4-6-11(7-5-10)39-9-8-13(21,22)14(23,24)15(25,26)16(27,28)17(29,30)18(31,32)19(33,34)20(35,36)37/h4-7H,2-3,8-9H2,1H3. The van der Waals surface area contributed by atoms with E-state index in [1.54, 1.807) is 6.92 Å². The van der Waals surface area contributed by atoms with Gasteiger partial charge in [-0.2, -0.15) is 74.6 Å². The predicted octanol–water partition coefficient (Wildman–Crippen LogP) is 9.16. The molecule has 0 spiro atoms. The van der Waals surface area contributed by atoms with E-state index in [2.05, 4.69) is 0 Å². The molecule has 0 aliphatic heterocycles. The molecule has 1 rings (SSSR count). The lowest BCUT2D eigenvalue weighted by atomic mass is 9.88. The smallest absolute Gasteiger partial charge is 0.294 e. The van der Waals surface area contributed by atoms with Crippen LogP contribution in [0.5, 0.6) is 0 Å². The average molecular weight is 626 g/mol. The number of benzene rings is 1. The number of carbonyl (C=O) groups excluding carboxylic acids is 1. The molecule has 0 saturated heterocycles. The maximum Gasteiger partial charge on any atom is 0.460 e. The highest BCUT2D eigenvalue weighted by atomic mass is 32.2. The minimum Gasteiger partial charge on any atom is -0.294 e. The summed E-state index contributed by atoms with van der Waals surface area (Å²) in [5.41, 5.74) is 0.133. The summed E-state index contributed by atoms with van der Waals surface area (Å²) < 4.78 is 225. The van der Waals surface area contributed by atoms with Crippen LogP contribution in [0, 0.1) is 0 Å². The number of hydrogen-bond acceptors (Lipinski definition) is 2. The van der Waals surface area contributed by atoms with Crippen molar-refractivity contribution in [2.24, 2.45) is 0 Å². The Labute approximate surface area is 212 Å². The van der Waals surface area contributed by atoms with E-state index >= 15 is 0 Å². The largest absolute Gasteiger partial charge is 0.460 e. The van der Waals surface area contributed by atoms with Gasteiger partial charge >= 0.3 is 47.6 Å². The lowest BCUT2D eigenvalue weighted by Gasteiger charge is -2.42. The zero-order valence-corrected chi connectivity index (χ0v) is 19.7. The molecule has 39 heavy (non-hydrogen) atoms. The highest BCUT2D eigenvalue weighted by Gasteiger charge is 2.95. The Hall–Kier alpha value is -1.95. The number of alkyl halides is 17. The fourth-order valence-corrected chi connectivity index (χ4v) is 3.68. The summed E-state index contributed by atoms with van der Waals surface area (Å²) in [6.45, 7) is 1.67. The first kappa shape index (κ1) is 35.1. The van der Waals surface area contributed by atoms with Gasteiger partial charge in [-0.15, -0.1) is 11.8 Å². The Morgan fingerprint density at radius 2 is 1.00 bits per heavy atom. The van der Waals surface area contributed by atoms with E-state index < -0.39 is 59.8 Å². The molecule has 1 aromatic carbocycles. The summed E-state index contributed by atoms with van der Waals surface area (Å²) in [7, 11) is 0. The molecule has 0 atom stereocenters. The summed E-state index contributed by atoms with van der Waals surface area (Å²) in [4.78, 5) is 11.6. The maximum atomic E-state index is 13.9. The second-order valence-corrected chi connectivity index (χ2v) is 9.11. The van der Waals surface area contributed by atoms with Crippen molar-refractivity contribution >= 4 is 17.5 Å². The molecule has 0 radical (unpaired) electrons. The summed E-state index contributed by atoms with van der Waals surface area (Å²) in [5, 5.41) is 0. The molecule has 1 nitrogen and oxygen atoms in total. The summed E-state index contributed by atoms with van der Waals surface area (Å²) in [6.07, 6.45) is -9.73. The SMILES string of the molecule is CCCC(=O)c1ccc(SCCC(F)(F)C(F)(F)C(F)(F)C(F)(F)C(F)(F)C(F)(F)C(F)(F)C(F)(F)F)cc1. The normalized spacial score (nSPS) is 15.0. The minimum atomic E-state index is -8.63. The fraction of sp³-hybridized carbons (Fsp3) is 0.650. The maximum absolute atomic E-state index is 13.9. The van der Waals surface area contributed by atoms with Crippen molar-refractivity contribution < 1.29 is 79.4 Å². The molecule has 1 aromatic rings. The molecule has 0 N–H and O–H groups in total. The lowest BCUT2D eigenvalue weighted by molar-refractivity contribution is -0.461. The van der Waals surface area contributed by atoms with Crippen molar-refractivity contribution in [2.75, 3.05) is 5.75 Å². The zero-order chi connectivity index (χ0) is 31.1. The second-order valence-electron chi connectivity index (χ2n) is 7.94. The van der Waals surface area contributed by atoms with Gasteiger partial charge in [0.2, 0.25) is 0 Å². The van der Waals surface area contributed by atoms with Crippen LogP contribution in [0.3, 0.4) is 0 Å². The van der Waals surface area contributed by atoms with Crippen molar-refractivity contribution in [1.82, 2.24) is 0 Å². The Kier molecular flexibility index (Phi) is 9.71. The van der Waals surface area contributed by atoms with Crippen LogP contribution >= 0.6 is 11.8 Å². The Bertz CT molecular complexity index is 998. The van der Waals surface area contributed by atoms with Gasteiger partial charge < -0.3 is 0 Å². The number of thioether (sulfide) groups is 1. The molecule has 0 aliphatic carbocycles. The quantitative estimate of drug-likeness (QED) is 0.123. The van der Waals surface area contributed by atoms with E-state index in [0.717, 1.165) is 24.3 Å². The number of Topliss-reactive ketones (excluding diaryl/α,β-unsaturated/α-hetero) is 1. The molecule has 0 fully saturated rings. The fourth-order valence-electron chi connectivity index (χ4n) is 2.76. The van der Waals surface area contributed by atoms with Gasteiger partial charge in [-0.3, -0.25) is 4.79 Å². The molecule has 0 amide bonds. The van der Waals surface area contributed by atoms with Gasteiger partial charge in [-0.25, -0.2) is 0 Å². The van der Waals surface area contributed by atoms with Crippen LogP contribution in [0.15, 0.2) is 29.2 Å². The van der Waals surface area contributed by atoms with Crippen molar-refractivity contribution in [1.29, 1.82) is 0 Å².